The molecule has 5 aliphatic heterocycles. The normalized spacial score (nSPS) is 25.3. The van der Waals surface area contributed by atoms with Crippen molar-refractivity contribution in [2.75, 3.05) is 57.4 Å². The second-order valence-corrected chi connectivity index (χ2v) is 14.0. The van der Waals surface area contributed by atoms with Crippen LogP contribution in [0.3, 0.4) is 0 Å². The number of nitrogens with one attached hydrogen (secondary N) is 2. The van der Waals surface area contributed by atoms with Gasteiger partial charge in [-0.25, -0.2) is 13.2 Å². The predicted octanol–water partition coefficient (Wildman–Crippen LogP) is 5.36. The van der Waals surface area contributed by atoms with E-state index >= 15 is 8.78 Å². The van der Waals surface area contributed by atoms with E-state index in [9.17, 15) is 9.18 Å². The molecule has 7 heterocycles. The maximum absolute atomic E-state index is 17.2. The summed E-state index contributed by atoms with van der Waals surface area (Å²) in [5.41, 5.74) is 0.562. The molecule has 9 rings (SSSR count). The van der Waals surface area contributed by atoms with E-state index in [4.69, 9.17) is 26.1 Å². The number of benzene rings is 2. The van der Waals surface area contributed by atoms with Crippen LogP contribution in [0.25, 0.3) is 32.9 Å². The number of alkyl halides is 1. The van der Waals surface area contributed by atoms with Crippen molar-refractivity contribution in [2.24, 2.45) is 5.92 Å². The third-order valence-electron chi connectivity index (χ3n) is 10.4. The number of anilines is 1. The van der Waals surface area contributed by atoms with E-state index in [-0.39, 0.29) is 40.9 Å². The van der Waals surface area contributed by atoms with Crippen molar-refractivity contribution in [3.8, 4) is 17.1 Å². The highest BCUT2D eigenvalue weighted by Gasteiger charge is 2.49. The average molecular weight is 684 g/mol. The molecule has 14 heteroatoms. The zero-order valence-electron chi connectivity index (χ0n) is 26.5. The Morgan fingerprint density at radius 1 is 1.08 bits per heavy atom. The first-order chi connectivity index (χ1) is 23.3. The van der Waals surface area contributed by atoms with Crippen molar-refractivity contribution >= 4 is 45.1 Å². The van der Waals surface area contributed by atoms with Crippen LogP contribution >= 0.6 is 11.6 Å². The van der Waals surface area contributed by atoms with Gasteiger partial charge in [0.15, 0.2) is 5.82 Å². The number of halogens is 4. The molecule has 2 N–H and O–H groups in total. The van der Waals surface area contributed by atoms with Gasteiger partial charge in [-0.2, -0.15) is 15.1 Å². The number of amides is 1. The van der Waals surface area contributed by atoms with Gasteiger partial charge in [-0.05, 0) is 56.3 Å². The molecule has 2 aromatic carbocycles. The van der Waals surface area contributed by atoms with E-state index in [0.717, 1.165) is 19.4 Å². The molecule has 3 saturated heterocycles. The third kappa shape index (κ3) is 5.63. The summed E-state index contributed by atoms with van der Waals surface area (Å²) in [7, 11) is 0. The number of fused-ring (bicyclic) bond motifs is 9. The fraction of sp³-hybridized carbons (Fsp3) is 0.529. The highest BCUT2D eigenvalue weighted by molar-refractivity contribution is 6.33. The van der Waals surface area contributed by atoms with Crippen molar-refractivity contribution < 1.29 is 27.4 Å². The summed E-state index contributed by atoms with van der Waals surface area (Å²) in [6, 6.07) is 2.92. The molecular weight excluding hydrogens is 647 g/mol. The lowest BCUT2D eigenvalue weighted by Crippen LogP contribution is -2.43. The second kappa shape index (κ2) is 12.6. The summed E-state index contributed by atoms with van der Waals surface area (Å²) in [5.74, 6) is -1.51. The molecule has 1 unspecified atom stereocenters. The molecule has 0 saturated carbocycles. The van der Waals surface area contributed by atoms with Gasteiger partial charge >= 0.3 is 6.01 Å². The van der Waals surface area contributed by atoms with Crippen molar-refractivity contribution in [3.63, 3.8) is 0 Å². The van der Waals surface area contributed by atoms with Crippen LogP contribution in [0.15, 0.2) is 18.3 Å². The van der Waals surface area contributed by atoms with E-state index in [1.807, 2.05) is 4.90 Å². The van der Waals surface area contributed by atoms with Gasteiger partial charge < -0.3 is 19.7 Å². The molecule has 4 aromatic rings. The number of hydrogen-bond acceptors (Lipinski definition) is 8. The molecule has 3 fully saturated rings. The van der Waals surface area contributed by atoms with Gasteiger partial charge in [-0.15, -0.1) is 0 Å². The highest BCUT2D eigenvalue weighted by atomic mass is 35.5. The number of aromatic amines is 1. The molecule has 5 aliphatic rings. The molecule has 0 aliphatic carbocycles. The van der Waals surface area contributed by atoms with Crippen LogP contribution in [0.1, 0.15) is 44.1 Å². The van der Waals surface area contributed by atoms with Crippen LogP contribution in [0.4, 0.5) is 19.0 Å². The Labute approximate surface area is 280 Å². The summed E-state index contributed by atoms with van der Waals surface area (Å²) < 4.78 is 60.4. The van der Waals surface area contributed by atoms with Gasteiger partial charge in [0.1, 0.15) is 29.9 Å². The van der Waals surface area contributed by atoms with Gasteiger partial charge in [0.05, 0.1) is 36.0 Å². The van der Waals surface area contributed by atoms with Crippen LogP contribution in [-0.2, 0) is 16.0 Å². The van der Waals surface area contributed by atoms with Crippen molar-refractivity contribution in [1.29, 1.82) is 0 Å². The lowest BCUT2D eigenvalue weighted by molar-refractivity contribution is -0.121. The molecule has 1 amide bonds. The summed E-state index contributed by atoms with van der Waals surface area (Å²) >= 11 is 6.78. The van der Waals surface area contributed by atoms with Crippen LogP contribution in [0.5, 0.6) is 6.01 Å². The van der Waals surface area contributed by atoms with Gasteiger partial charge in [0.25, 0.3) is 0 Å². The Hall–Kier alpha value is -3.68. The lowest BCUT2D eigenvalue weighted by atomic mass is 9.91. The first-order valence-corrected chi connectivity index (χ1v) is 17.1. The lowest BCUT2D eigenvalue weighted by Gasteiger charge is -2.31. The van der Waals surface area contributed by atoms with E-state index in [1.54, 1.807) is 6.07 Å². The number of aromatic nitrogens is 4. The maximum Gasteiger partial charge on any atom is 0.319 e. The quantitative estimate of drug-likeness (QED) is 0.298. The van der Waals surface area contributed by atoms with E-state index in [0.29, 0.717) is 104 Å². The van der Waals surface area contributed by atoms with Gasteiger partial charge in [0, 0.05) is 66.3 Å². The molecule has 0 radical (unpaired) electrons. The Bertz CT molecular complexity index is 1890. The minimum atomic E-state index is -0.942. The number of ether oxygens (including phenoxy) is 2. The zero-order chi connectivity index (χ0) is 33.0. The fourth-order valence-corrected chi connectivity index (χ4v) is 8.40. The summed E-state index contributed by atoms with van der Waals surface area (Å²) in [4.78, 5) is 26.2. The molecule has 3 atom stereocenters. The van der Waals surface area contributed by atoms with Crippen molar-refractivity contribution in [2.45, 2.75) is 56.7 Å². The monoisotopic (exact) mass is 683 g/mol. The van der Waals surface area contributed by atoms with Crippen molar-refractivity contribution in [3.05, 3.63) is 40.6 Å². The fourth-order valence-electron chi connectivity index (χ4n) is 8.10. The number of H-pyrrole nitrogens is 1. The number of rotatable bonds is 3. The van der Waals surface area contributed by atoms with Crippen LogP contribution in [0.2, 0.25) is 5.02 Å². The van der Waals surface area contributed by atoms with E-state index < -0.39 is 23.3 Å². The Morgan fingerprint density at radius 3 is 2.85 bits per heavy atom. The minimum absolute atomic E-state index is 0.0646. The predicted molar refractivity (Wildman–Crippen MR) is 175 cm³/mol. The second-order valence-electron chi connectivity index (χ2n) is 13.6. The first kappa shape index (κ1) is 31.6. The number of carbonyl (C=O) groups is 1. The maximum atomic E-state index is 17.2. The van der Waals surface area contributed by atoms with E-state index in [2.05, 4.69) is 25.4 Å². The van der Waals surface area contributed by atoms with Crippen molar-refractivity contribution in [1.82, 2.24) is 30.4 Å². The molecule has 10 nitrogen and oxygen atoms in total. The molecule has 0 spiro atoms. The summed E-state index contributed by atoms with van der Waals surface area (Å²) in [5, 5.41) is 11.1. The largest absolute Gasteiger partial charge is 0.461 e. The third-order valence-corrected chi connectivity index (χ3v) is 10.8. The minimum Gasteiger partial charge on any atom is -0.461 e. The Balaban J connectivity index is 1.31. The standard InChI is InChI=1S/C34H37ClF3N7O3/c35-24-11-26-23(14-40-43-26)28-21(24)4-1-2-5-27(46)39-13-19-15-44(8-9-47-17-19)32-22-10-25(37)29(28)30(38)31(22)41-33(42-32)48-18-34-6-3-7-45(34)16-20(36)12-34/h10-11,14,19-20H,1-9,12-13,15-18H2,(H,39,46)(H,40,43)/t19?,20-,34+/m1/s1. The molecule has 2 aromatic heterocycles. The molecule has 6 bridgehead atoms. The van der Waals surface area contributed by atoms with E-state index in [1.165, 1.54) is 12.3 Å². The number of hydrogen-bond donors (Lipinski definition) is 2. The summed E-state index contributed by atoms with van der Waals surface area (Å²) in [6.45, 7) is 3.28. The van der Waals surface area contributed by atoms with Crippen LogP contribution in [0, 0.1) is 17.6 Å². The van der Waals surface area contributed by atoms with Gasteiger partial charge in [0.2, 0.25) is 5.91 Å². The molecule has 254 valence electrons. The number of carbonyl (C=O) groups excluding carboxylic acids is 1. The highest BCUT2D eigenvalue weighted by Crippen LogP contribution is 2.44. The molecular formula is C34H37ClF3N7O3. The Morgan fingerprint density at radius 2 is 1.96 bits per heavy atom. The molecule has 48 heavy (non-hydrogen) atoms. The Kier molecular flexibility index (Phi) is 8.32. The topological polar surface area (TPSA) is 108 Å². The first-order valence-electron chi connectivity index (χ1n) is 16.8. The zero-order valence-corrected chi connectivity index (χ0v) is 27.2. The van der Waals surface area contributed by atoms with Crippen LogP contribution < -0.4 is 15.0 Å². The van der Waals surface area contributed by atoms with Gasteiger partial charge in [-0.1, -0.05) is 11.6 Å². The SMILES string of the molecule is O=C1CCCCc2c(Cl)cc3[nH]ncc3c2-c2c(F)cc3c(nc(OC[C@@]45CCCN4C[C@H](F)C5)nc3c2F)N2CCOCC(CN1)C2. The summed E-state index contributed by atoms with van der Waals surface area (Å²) in [6.07, 6.45) is 4.51. The number of nitrogens with zero attached hydrogens (tertiary/aromatic N) is 5. The van der Waals surface area contributed by atoms with Gasteiger partial charge in [-0.3, -0.25) is 14.8 Å². The smallest absolute Gasteiger partial charge is 0.319 e. The average Bonchev–Trinajstić information content (AvgIpc) is 3.70. The van der Waals surface area contributed by atoms with Crippen LogP contribution in [-0.4, -0.2) is 95.2 Å².